The smallest absolute Gasteiger partial charge is 0.169 e. The van der Waals surface area contributed by atoms with Crippen molar-refractivity contribution < 1.29 is 13.5 Å². The molecule has 0 heterocycles. The Labute approximate surface area is 98.5 Å². The van der Waals surface area contributed by atoms with Crippen molar-refractivity contribution in [3.63, 3.8) is 0 Å². The van der Waals surface area contributed by atoms with E-state index in [9.17, 15) is 8.78 Å². The number of nitriles is 1. The molecule has 1 aromatic carbocycles. The summed E-state index contributed by atoms with van der Waals surface area (Å²) in [5, 5.41) is 7.49. The Bertz CT molecular complexity index is 385. The fourth-order valence-corrected chi connectivity index (χ4v) is 1.45. The lowest BCUT2D eigenvalue weighted by atomic mass is 10.3. The maximum atomic E-state index is 13.1. The average molecular weight is 296 g/mol. The molecule has 2 nitrogen and oxygen atoms in total. The lowest BCUT2D eigenvalue weighted by Gasteiger charge is -2.09. The number of nitrogens with zero attached hydrogens (tertiary/aromatic N) is 1. The lowest BCUT2D eigenvalue weighted by Crippen LogP contribution is -2.10. The van der Waals surface area contributed by atoms with Crippen molar-refractivity contribution in [1.29, 1.82) is 5.26 Å². The van der Waals surface area contributed by atoms with Gasteiger partial charge in [-0.25, -0.2) is 8.78 Å². The molecule has 0 aromatic heterocycles. The monoisotopic (exact) mass is 295 g/mol. The second-order valence-corrected chi connectivity index (χ2v) is 3.99. The molecule has 0 fully saturated rings. The van der Waals surface area contributed by atoms with E-state index in [1.54, 1.807) is 6.07 Å². The van der Waals surface area contributed by atoms with Gasteiger partial charge in [-0.1, -0.05) is 0 Å². The van der Waals surface area contributed by atoms with E-state index in [1.807, 2.05) is 0 Å². The van der Waals surface area contributed by atoms with Crippen LogP contribution >= 0.6 is 27.5 Å². The van der Waals surface area contributed by atoms with Gasteiger partial charge in [0, 0.05) is 6.07 Å². The summed E-state index contributed by atoms with van der Waals surface area (Å²) in [5.41, 5.74) is 0. The molecule has 1 aromatic rings. The Balaban J connectivity index is 2.82. The first kappa shape index (κ1) is 12.2. The van der Waals surface area contributed by atoms with Crippen molar-refractivity contribution in [2.75, 3.05) is 6.61 Å². The molecular weight excluding hydrogens is 291 g/mol. The van der Waals surface area contributed by atoms with E-state index in [0.717, 1.165) is 6.07 Å². The zero-order chi connectivity index (χ0) is 11.4. The number of ether oxygens (including phenoxy) is 1. The molecule has 0 aliphatic heterocycles. The van der Waals surface area contributed by atoms with Crippen LogP contribution in [0.2, 0.25) is 0 Å². The molecule has 0 spiro atoms. The molecule has 80 valence electrons. The molecule has 1 rings (SSSR count). The van der Waals surface area contributed by atoms with Crippen molar-refractivity contribution in [3.8, 4) is 11.8 Å². The van der Waals surface area contributed by atoms with Gasteiger partial charge in [-0.3, -0.25) is 0 Å². The molecule has 0 saturated carbocycles. The molecule has 0 bridgehead atoms. The van der Waals surface area contributed by atoms with Crippen molar-refractivity contribution in [2.45, 2.75) is 5.38 Å². The first-order valence-electron chi connectivity index (χ1n) is 3.85. The van der Waals surface area contributed by atoms with Gasteiger partial charge in [0.2, 0.25) is 0 Å². The van der Waals surface area contributed by atoms with Crippen LogP contribution < -0.4 is 4.74 Å². The van der Waals surface area contributed by atoms with E-state index in [0.29, 0.717) is 6.07 Å². The predicted octanol–water partition coefficient (Wildman–Crippen LogP) is 3.24. The van der Waals surface area contributed by atoms with Crippen LogP contribution in [-0.4, -0.2) is 12.0 Å². The number of hydrogen-bond donors (Lipinski definition) is 0. The molecule has 15 heavy (non-hydrogen) atoms. The molecule has 0 aliphatic rings. The highest BCUT2D eigenvalue weighted by Crippen LogP contribution is 2.29. The largest absolute Gasteiger partial charge is 0.487 e. The fourth-order valence-electron chi connectivity index (χ4n) is 0.861. The van der Waals surface area contributed by atoms with E-state index in [-0.39, 0.29) is 16.8 Å². The third kappa shape index (κ3) is 3.33. The summed E-state index contributed by atoms with van der Waals surface area (Å²) >= 11 is 8.39. The summed E-state index contributed by atoms with van der Waals surface area (Å²) in [4.78, 5) is 0. The molecule has 0 aliphatic carbocycles. The maximum Gasteiger partial charge on any atom is 0.169 e. The first-order valence-corrected chi connectivity index (χ1v) is 5.08. The van der Waals surface area contributed by atoms with E-state index in [2.05, 4.69) is 15.9 Å². The third-order valence-electron chi connectivity index (χ3n) is 1.48. The minimum Gasteiger partial charge on any atom is -0.487 e. The van der Waals surface area contributed by atoms with Crippen LogP contribution in [0.4, 0.5) is 8.78 Å². The van der Waals surface area contributed by atoms with Crippen LogP contribution in [0, 0.1) is 23.0 Å². The van der Waals surface area contributed by atoms with Crippen molar-refractivity contribution in [2.24, 2.45) is 0 Å². The average Bonchev–Trinajstić information content (AvgIpc) is 2.15. The minimum atomic E-state index is -0.874. The Morgan fingerprint density at radius 3 is 2.73 bits per heavy atom. The molecular formula is C9H5BrClF2NO. The van der Waals surface area contributed by atoms with Crippen molar-refractivity contribution in [3.05, 3.63) is 28.2 Å². The number of alkyl halides is 1. The van der Waals surface area contributed by atoms with Gasteiger partial charge in [-0.15, -0.1) is 11.6 Å². The van der Waals surface area contributed by atoms with Crippen LogP contribution in [0.25, 0.3) is 0 Å². The summed E-state index contributed by atoms with van der Waals surface area (Å²) in [6, 6.07) is 3.47. The molecule has 0 amide bonds. The maximum absolute atomic E-state index is 13.1. The van der Waals surface area contributed by atoms with Gasteiger partial charge < -0.3 is 4.74 Å². The minimum absolute atomic E-state index is 0.141. The summed E-state index contributed by atoms with van der Waals surface area (Å²) in [6.45, 7) is -0.167. The quantitative estimate of drug-likeness (QED) is 0.802. The molecule has 6 heteroatoms. The van der Waals surface area contributed by atoms with Gasteiger partial charge in [-0.05, 0) is 22.0 Å². The summed E-state index contributed by atoms with van der Waals surface area (Å²) in [6.07, 6.45) is 0. The van der Waals surface area contributed by atoms with E-state index in [4.69, 9.17) is 21.6 Å². The van der Waals surface area contributed by atoms with E-state index < -0.39 is 17.0 Å². The zero-order valence-corrected chi connectivity index (χ0v) is 9.65. The highest BCUT2D eigenvalue weighted by atomic mass is 79.9. The fraction of sp³-hybridized carbons (Fsp3) is 0.222. The molecule has 0 N–H and O–H groups in total. The molecule has 0 radical (unpaired) electrons. The Kier molecular flexibility index (Phi) is 4.30. The van der Waals surface area contributed by atoms with Gasteiger partial charge in [0.25, 0.3) is 0 Å². The SMILES string of the molecule is N#CC(Cl)COc1c(F)cc(F)cc1Br. The van der Waals surface area contributed by atoms with Crippen LogP contribution in [0.3, 0.4) is 0 Å². The second-order valence-electron chi connectivity index (χ2n) is 2.61. The topological polar surface area (TPSA) is 33.0 Å². The number of hydrogen-bond acceptors (Lipinski definition) is 2. The Morgan fingerprint density at radius 1 is 1.53 bits per heavy atom. The van der Waals surface area contributed by atoms with Crippen LogP contribution in [-0.2, 0) is 0 Å². The molecule has 1 atom stereocenters. The van der Waals surface area contributed by atoms with Crippen molar-refractivity contribution in [1.82, 2.24) is 0 Å². The molecule has 0 saturated heterocycles. The Morgan fingerprint density at radius 2 is 2.20 bits per heavy atom. The summed E-state index contributed by atoms with van der Waals surface area (Å²) < 4.78 is 30.9. The van der Waals surface area contributed by atoms with Gasteiger partial charge in [-0.2, -0.15) is 5.26 Å². The summed E-state index contributed by atoms with van der Waals surface area (Å²) in [7, 11) is 0. The normalized spacial score (nSPS) is 11.9. The van der Waals surface area contributed by atoms with Crippen LogP contribution in [0.5, 0.6) is 5.75 Å². The Hall–Kier alpha value is -0.860. The number of rotatable bonds is 3. The van der Waals surface area contributed by atoms with Crippen LogP contribution in [0.1, 0.15) is 0 Å². The van der Waals surface area contributed by atoms with Gasteiger partial charge in [0.05, 0.1) is 10.5 Å². The lowest BCUT2D eigenvalue weighted by molar-refractivity contribution is 0.308. The zero-order valence-electron chi connectivity index (χ0n) is 7.31. The standard InChI is InChI=1S/C9H5BrClF2NO/c10-7-1-6(12)2-8(13)9(7)15-4-5(11)3-14/h1-2,5H,4H2. The van der Waals surface area contributed by atoms with Gasteiger partial charge in [0.1, 0.15) is 12.4 Å². The van der Waals surface area contributed by atoms with Crippen LogP contribution in [0.15, 0.2) is 16.6 Å². The highest BCUT2D eigenvalue weighted by Gasteiger charge is 2.12. The molecule has 1 unspecified atom stereocenters. The van der Waals surface area contributed by atoms with Crippen molar-refractivity contribution >= 4 is 27.5 Å². The van der Waals surface area contributed by atoms with Gasteiger partial charge in [0.15, 0.2) is 16.9 Å². The first-order chi connectivity index (χ1) is 7.04. The predicted molar refractivity (Wildman–Crippen MR) is 54.8 cm³/mol. The number of benzene rings is 1. The number of halogens is 4. The second kappa shape index (κ2) is 5.29. The summed E-state index contributed by atoms with van der Waals surface area (Å²) in [5.74, 6) is -1.71. The van der Waals surface area contributed by atoms with E-state index >= 15 is 0 Å². The highest BCUT2D eigenvalue weighted by molar-refractivity contribution is 9.10. The van der Waals surface area contributed by atoms with Gasteiger partial charge >= 0.3 is 0 Å². The van der Waals surface area contributed by atoms with E-state index in [1.165, 1.54) is 0 Å². The third-order valence-corrected chi connectivity index (χ3v) is 2.29.